The summed E-state index contributed by atoms with van der Waals surface area (Å²) < 4.78 is 2.22. The molecule has 0 aliphatic rings. The van der Waals surface area contributed by atoms with Crippen molar-refractivity contribution in [3.05, 3.63) is 0 Å². The van der Waals surface area contributed by atoms with Crippen LogP contribution < -0.4 is 0 Å². The summed E-state index contributed by atoms with van der Waals surface area (Å²) in [6.45, 7) is 6.68. The molecule has 0 aromatic rings. The fraction of sp³-hybridized carbons (Fsp3) is 1.00. The molecule has 0 N–H and O–H groups in total. The molecule has 0 aromatic heterocycles. The Labute approximate surface area is 48.3 Å². The molecule has 0 amide bonds. The zero-order chi connectivity index (χ0) is 5.70. The van der Waals surface area contributed by atoms with E-state index in [9.17, 15) is 0 Å². The maximum atomic E-state index is 2.69. The molecule has 0 fully saturated rings. The molecule has 0 aliphatic carbocycles. The fourth-order valence-corrected chi connectivity index (χ4v) is 0.704. The normalized spacial score (nSPS) is 10.3. The van der Waals surface area contributed by atoms with Gasteiger partial charge in [0.1, 0.15) is 0 Å². The Morgan fingerprint density at radius 3 is 2.14 bits per heavy atom. The molecule has 0 rings (SSSR count). The van der Waals surface area contributed by atoms with E-state index in [1.165, 1.54) is 13.0 Å². The zero-order valence-corrected chi connectivity index (χ0v) is 6.30. The zero-order valence-electron chi connectivity index (χ0n) is 5.15. The Kier molecular flexibility index (Phi) is 4.80. The summed E-state index contributed by atoms with van der Waals surface area (Å²) in [4.78, 5) is 0. The van der Waals surface area contributed by atoms with Gasteiger partial charge in [-0.25, -0.2) is 0 Å². The molecule has 0 aromatic carbocycles. The second kappa shape index (κ2) is 4.55. The average Bonchev–Trinajstić information content (AvgIpc) is 1.68. The first-order valence-electron chi connectivity index (χ1n) is 2.80. The molecular weight excluding hydrogens is 105 g/mol. The third kappa shape index (κ3) is 4.24. The lowest BCUT2D eigenvalue weighted by molar-refractivity contribution is 0.493. The van der Waals surface area contributed by atoms with Gasteiger partial charge in [-0.2, -0.15) is 0 Å². The van der Waals surface area contributed by atoms with Crippen molar-refractivity contribution in [2.45, 2.75) is 20.3 Å². The molecule has 1 unspecified atom stereocenters. The molecule has 0 heterocycles. The number of hydrogen-bond acceptors (Lipinski definition) is 1. The van der Waals surface area contributed by atoms with Crippen LogP contribution in [0.3, 0.4) is 0 Å². The molecule has 44 valence electrons. The van der Waals surface area contributed by atoms with Gasteiger partial charge >= 0.3 is 0 Å². The minimum atomic E-state index is 1.14. The third-order valence-corrected chi connectivity index (χ3v) is 1.54. The van der Waals surface area contributed by atoms with Crippen molar-refractivity contribution in [1.29, 1.82) is 0 Å². The molecule has 0 saturated heterocycles. The molecule has 2 heteroatoms. The standard InChI is InChI=1S/C5H14NP/c1-3-5-6(7)4-2/h3-5,7H2,1-2H3. The van der Waals surface area contributed by atoms with Crippen LogP contribution in [0.4, 0.5) is 0 Å². The first-order valence-corrected chi connectivity index (χ1v) is 3.32. The van der Waals surface area contributed by atoms with Crippen LogP contribution in [0.25, 0.3) is 0 Å². The second-order valence-electron chi connectivity index (χ2n) is 1.63. The van der Waals surface area contributed by atoms with E-state index in [0.717, 1.165) is 6.54 Å². The SMILES string of the molecule is CCCN(P)CC. The monoisotopic (exact) mass is 119 g/mol. The van der Waals surface area contributed by atoms with Crippen LogP contribution in [0.15, 0.2) is 0 Å². The average molecular weight is 119 g/mol. The fourth-order valence-electron chi connectivity index (χ4n) is 0.445. The highest BCUT2D eigenvalue weighted by Gasteiger charge is 1.86. The number of rotatable bonds is 3. The van der Waals surface area contributed by atoms with Crippen molar-refractivity contribution in [1.82, 2.24) is 4.67 Å². The summed E-state index contributed by atoms with van der Waals surface area (Å²) in [5.41, 5.74) is 0. The van der Waals surface area contributed by atoms with E-state index in [4.69, 9.17) is 0 Å². The molecule has 1 nitrogen and oxygen atoms in total. The van der Waals surface area contributed by atoms with Crippen LogP contribution >= 0.6 is 9.39 Å². The third-order valence-electron chi connectivity index (χ3n) is 0.917. The summed E-state index contributed by atoms with van der Waals surface area (Å²) in [5, 5.41) is 0. The minimum absolute atomic E-state index is 1.14. The van der Waals surface area contributed by atoms with E-state index >= 15 is 0 Å². The smallest absolute Gasteiger partial charge is 0.00134 e. The largest absolute Gasteiger partial charge is 0.288 e. The van der Waals surface area contributed by atoms with E-state index in [0.29, 0.717) is 0 Å². The van der Waals surface area contributed by atoms with Gasteiger partial charge in [0.05, 0.1) is 0 Å². The van der Waals surface area contributed by atoms with Gasteiger partial charge in [0.25, 0.3) is 0 Å². The van der Waals surface area contributed by atoms with Crippen molar-refractivity contribution in [3.63, 3.8) is 0 Å². The molecule has 0 saturated carbocycles. The molecular formula is C5H14NP. The summed E-state index contributed by atoms with van der Waals surface area (Å²) in [5.74, 6) is 0. The molecule has 0 aliphatic heterocycles. The minimum Gasteiger partial charge on any atom is -0.288 e. The van der Waals surface area contributed by atoms with Gasteiger partial charge in [0.15, 0.2) is 0 Å². The maximum Gasteiger partial charge on any atom is 0.00134 e. The highest BCUT2D eigenvalue weighted by molar-refractivity contribution is 7.13. The summed E-state index contributed by atoms with van der Waals surface area (Å²) >= 11 is 0. The quantitative estimate of drug-likeness (QED) is 0.509. The first-order chi connectivity index (χ1) is 3.31. The Morgan fingerprint density at radius 1 is 1.43 bits per heavy atom. The summed E-state index contributed by atoms with van der Waals surface area (Å²) in [6.07, 6.45) is 1.25. The topological polar surface area (TPSA) is 3.24 Å². The van der Waals surface area contributed by atoms with E-state index in [-0.39, 0.29) is 0 Å². The van der Waals surface area contributed by atoms with E-state index < -0.39 is 0 Å². The predicted octanol–water partition coefficient (Wildman–Crippen LogP) is 1.51. The second-order valence-corrected chi connectivity index (χ2v) is 2.36. The van der Waals surface area contributed by atoms with Gasteiger partial charge < -0.3 is 0 Å². The molecule has 0 bridgehead atoms. The Bertz CT molecular complexity index is 39.1. The maximum absolute atomic E-state index is 2.69. The van der Waals surface area contributed by atoms with Crippen molar-refractivity contribution < 1.29 is 0 Å². The Hall–Kier alpha value is 0.390. The van der Waals surface area contributed by atoms with Gasteiger partial charge in [-0.05, 0) is 13.0 Å². The number of hydrogen-bond donors (Lipinski definition) is 0. The molecule has 0 radical (unpaired) electrons. The van der Waals surface area contributed by atoms with Crippen LogP contribution in [-0.4, -0.2) is 17.8 Å². The van der Waals surface area contributed by atoms with Crippen molar-refractivity contribution >= 4 is 9.39 Å². The highest BCUT2D eigenvalue weighted by atomic mass is 31.0. The lowest BCUT2D eigenvalue weighted by Gasteiger charge is -2.09. The van der Waals surface area contributed by atoms with E-state index in [1.807, 2.05) is 0 Å². The van der Waals surface area contributed by atoms with E-state index in [2.05, 4.69) is 27.9 Å². The van der Waals surface area contributed by atoms with Crippen molar-refractivity contribution in [3.8, 4) is 0 Å². The van der Waals surface area contributed by atoms with Crippen LogP contribution in [-0.2, 0) is 0 Å². The summed E-state index contributed by atoms with van der Waals surface area (Å²) in [7, 11) is 2.69. The highest BCUT2D eigenvalue weighted by Crippen LogP contribution is 1.96. The Morgan fingerprint density at radius 2 is 2.00 bits per heavy atom. The first kappa shape index (κ1) is 7.39. The summed E-state index contributed by atoms with van der Waals surface area (Å²) in [6, 6.07) is 0. The van der Waals surface area contributed by atoms with Crippen molar-refractivity contribution in [2.24, 2.45) is 0 Å². The predicted molar refractivity (Wildman–Crippen MR) is 37.2 cm³/mol. The Balaban J connectivity index is 2.83. The van der Waals surface area contributed by atoms with Gasteiger partial charge in [0.2, 0.25) is 0 Å². The molecule has 1 atom stereocenters. The van der Waals surface area contributed by atoms with Gasteiger partial charge in [-0.3, -0.25) is 4.67 Å². The lowest BCUT2D eigenvalue weighted by Crippen LogP contribution is -2.10. The van der Waals surface area contributed by atoms with Gasteiger partial charge in [-0.1, -0.05) is 23.2 Å². The van der Waals surface area contributed by atoms with Crippen LogP contribution in [0.1, 0.15) is 20.3 Å². The number of nitrogens with zero attached hydrogens (tertiary/aromatic N) is 1. The lowest BCUT2D eigenvalue weighted by atomic mass is 10.5. The van der Waals surface area contributed by atoms with Crippen LogP contribution in [0, 0.1) is 0 Å². The van der Waals surface area contributed by atoms with Crippen LogP contribution in [0.2, 0.25) is 0 Å². The van der Waals surface area contributed by atoms with Gasteiger partial charge in [0, 0.05) is 6.54 Å². The van der Waals surface area contributed by atoms with E-state index in [1.54, 1.807) is 0 Å². The van der Waals surface area contributed by atoms with Gasteiger partial charge in [-0.15, -0.1) is 0 Å². The van der Waals surface area contributed by atoms with Crippen LogP contribution in [0.5, 0.6) is 0 Å². The molecule has 0 spiro atoms. The van der Waals surface area contributed by atoms with Crippen molar-refractivity contribution in [2.75, 3.05) is 13.1 Å². The molecule has 7 heavy (non-hydrogen) atoms.